The van der Waals surface area contributed by atoms with Crippen LogP contribution < -0.4 is 10.5 Å². The van der Waals surface area contributed by atoms with Crippen molar-refractivity contribution >= 4 is 28.0 Å². The standard InChI is InChI=1S/C33H40N6O2/c1-33(2)14-20(15-33)17-39-29-24(11-23(13-27(29)41-3)32(40)38-18-22-8-9-25(38)28(22)34)36-31(39)26-12-21-5-4-10-35-30(21)37(26)16-19-6-7-19/h4-5,10-13,19-20,22,25,28H,6-9,14-18,34H2,1-3H3. The van der Waals surface area contributed by atoms with E-state index in [0.29, 0.717) is 34.5 Å². The maximum absolute atomic E-state index is 13.8. The van der Waals surface area contributed by atoms with Crippen molar-refractivity contribution in [1.82, 2.24) is 24.0 Å². The van der Waals surface area contributed by atoms with Crippen LogP contribution in [0.15, 0.2) is 36.5 Å². The average Bonchev–Trinajstić information content (AvgIpc) is 3.31. The Bertz CT molecular complexity index is 1670. The zero-order valence-corrected chi connectivity index (χ0v) is 24.3. The number of rotatable bonds is 7. The summed E-state index contributed by atoms with van der Waals surface area (Å²) in [4.78, 5) is 25.9. The Hall–Kier alpha value is -3.39. The fourth-order valence-electron chi connectivity index (χ4n) is 8.24. The highest BCUT2D eigenvalue weighted by Gasteiger charge is 2.47. The van der Waals surface area contributed by atoms with Crippen molar-refractivity contribution in [2.24, 2.45) is 28.9 Å². The number of carbonyl (C=O) groups is 1. The molecule has 1 aromatic carbocycles. The number of hydrogen-bond acceptors (Lipinski definition) is 5. The van der Waals surface area contributed by atoms with Crippen molar-refractivity contribution < 1.29 is 9.53 Å². The number of ether oxygens (including phenoxy) is 1. The molecule has 3 aromatic heterocycles. The Balaban J connectivity index is 1.28. The molecule has 8 rings (SSSR count). The zero-order chi connectivity index (χ0) is 28.0. The quantitative estimate of drug-likeness (QED) is 0.328. The number of carbonyl (C=O) groups excluding carboxylic acids is 1. The third kappa shape index (κ3) is 4.09. The lowest BCUT2D eigenvalue weighted by atomic mass is 9.64. The molecule has 2 bridgehead atoms. The van der Waals surface area contributed by atoms with Crippen molar-refractivity contribution in [2.45, 2.75) is 77.5 Å². The fourth-order valence-corrected chi connectivity index (χ4v) is 8.24. The van der Waals surface area contributed by atoms with Crippen LogP contribution in [0.4, 0.5) is 0 Å². The van der Waals surface area contributed by atoms with Gasteiger partial charge in [-0.1, -0.05) is 13.8 Å². The van der Waals surface area contributed by atoms with Gasteiger partial charge >= 0.3 is 0 Å². The Kier molecular flexibility index (Phi) is 5.59. The summed E-state index contributed by atoms with van der Waals surface area (Å²) in [6, 6.07) is 10.5. The minimum absolute atomic E-state index is 0.0386. The molecule has 4 fully saturated rings. The van der Waals surface area contributed by atoms with Crippen molar-refractivity contribution in [3.05, 3.63) is 42.1 Å². The van der Waals surface area contributed by atoms with Gasteiger partial charge in [0.05, 0.1) is 18.3 Å². The predicted molar refractivity (Wildman–Crippen MR) is 160 cm³/mol. The van der Waals surface area contributed by atoms with Crippen molar-refractivity contribution in [3.63, 3.8) is 0 Å². The normalized spacial score (nSPS) is 25.4. The molecule has 3 unspecified atom stereocenters. The maximum atomic E-state index is 13.8. The molecule has 4 heterocycles. The lowest BCUT2D eigenvalue weighted by molar-refractivity contribution is 0.0700. The van der Waals surface area contributed by atoms with Gasteiger partial charge in [-0.25, -0.2) is 9.97 Å². The lowest BCUT2D eigenvalue weighted by Gasteiger charge is -2.43. The van der Waals surface area contributed by atoms with Crippen molar-refractivity contribution in [2.75, 3.05) is 13.7 Å². The number of amides is 1. The molecule has 2 N–H and O–H groups in total. The Morgan fingerprint density at radius 1 is 1.07 bits per heavy atom. The molecule has 1 aliphatic heterocycles. The summed E-state index contributed by atoms with van der Waals surface area (Å²) in [5.41, 5.74) is 11.4. The molecule has 1 amide bonds. The summed E-state index contributed by atoms with van der Waals surface area (Å²) in [5.74, 6) is 3.37. The van der Waals surface area contributed by atoms with Crippen LogP contribution >= 0.6 is 0 Å². The van der Waals surface area contributed by atoms with Crippen LogP contribution in [-0.4, -0.2) is 55.6 Å². The number of fused-ring (bicyclic) bond motifs is 4. The van der Waals surface area contributed by atoms with E-state index < -0.39 is 0 Å². The first-order valence-corrected chi connectivity index (χ1v) is 15.4. The van der Waals surface area contributed by atoms with Crippen LogP contribution in [0.5, 0.6) is 5.75 Å². The van der Waals surface area contributed by atoms with Gasteiger partial charge in [-0.2, -0.15) is 0 Å². The van der Waals surface area contributed by atoms with E-state index >= 15 is 0 Å². The molecule has 3 aliphatic carbocycles. The van der Waals surface area contributed by atoms with Gasteiger partial charge in [0.1, 0.15) is 16.9 Å². The van der Waals surface area contributed by atoms with E-state index in [1.807, 2.05) is 29.3 Å². The summed E-state index contributed by atoms with van der Waals surface area (Å²) in [7, 11) is 1.70. The number of nitrogens with two attached hydrogens (primary N) is 1. The summed E-state index contributed by atoms with van der Waals surface area (Å²) < 4.78 is 10.8. The smallest absolute Gasteiger partial charge is 0.254 e. The van der Waals surface area contributed by atoms with E-state index in [1.54, 1.807) is 7.11 Å². The summed E-state index contributed by atoms with van der Waals surface area (Å²) in [5, 5.41) is 1.13. The summed E-state index contributed by atoms with van der Waals surface area (Å²) in [6.07, 6.45) is 8.90. The van der Waals surface area contributed by atoms with Crippen LogP contribution in [0.25, 0.3) is 33.6 Å². The molecule has 3 atom stereocenters. The average molecular weight is 553 g/mol. The third-order valence-corrected chi connectivity index (χ3v) is 10.3. The van der Waals surface area contributed by atoms with E-state index in [4.69, 9.17) is 20.4 Å². The number of pyridine rings is 1. The Labute approximate surface area is 240 Å². The van der Waals surface area contributed by atoms with Gasteiger partial charge in [0.15, 0.2) is 5.82 Å². The minimum Gasteiger partial charge on any atom is -0.494 e. The Morgan fingerprint density at radius 2 is 1.88 bits per heavy atom. The molecule has 4 aliphatic rings. The van der Waals surface area contributed by atoms with Crippen molar-refractivity contribution in [3.8, 4) is 17.3 Å². The summed E-state index contributed by atoms with van der Waals surface area (Å²) in [6.45, 7) is 7.28. The number of likely N-dealkylation sites (tertiary alicyclic amines) is 1. The molecule has 41 heavy (non-hydrogen) atoms. The largest absolute Gasteiger partial charge is 0.494 e. The topological polar surface area (TPSA) is 91.2 Å². The first-order chi connectivity index (χ1) is 19.8. The van der Waals surface area contributed by atoms with Crippen LogP contribution in [0, 0.1) is 23.2 Å². The Morgan fingerprint density at radius 3 is 2.56 bits per heavy atom. The molecule has 3 saturated carbocycles. The first kappa shape index (κ1) is 25.3. The number of benzene rings is 1. The highest BCUT2D eigenvalue weighted by atomic mass is 16.5. The van der Waals surface area contributed by atoms with Gasteiger partial charge in [-0.05, 0) is 92.0 Å². The van der Waals surface area contributed by atoms with E-state index in [0.717, 1.165) is 66.1 Å². The van der Waals surface area contributed by atoms with Gasteiger partial charge in [0.2, 0.25) is 0 Å². The van der Waals surface area contributed by atoms with E-state index in [-0.39, 0.29) is 18.0 Å². The SMILES string of the molecule is COc1cc(C(=O)N2CC3CCC2C3N)cc2nc(-c3cc4cccnc4n3CC3CC3)n(CC3CC(C)(C)C3)c12. The zero-order valence-electron chi connectivity index (χ0n) is 24.3. The molecule has 214 valence electrons. The molecule has 8 nitrogen and oxygen atoms in total. The first-order valence-electron chi connectivity index (χ1n) is 15.4. The molecule has 0 radical (unpaired) electrons. The molecular formula is C33H40N6O2. The van der Waals surface area contributed by atoms with Crippen LogP contribution in [0.3, 0.4) is 0 Å². The van der Waals surface area contributed by atoms with Gasteiger partial charge in [0.25, 0.3) is 5.91 Å². The van der Waals surface area contributed by atoms with Crippen LogP contribution in [-0.2, 0) is 13.1 Å². The highest BCUT2D eigenvalue weighted by molar-refractivity contribution is 6.00. The van der Waals surface area contributed by atoms with Crippen LogP contribution in [0.1, 0.15) is 62.7 Å². The summed E-state index contributed by atoms with van der Waals surface area (Å²) >= 11 is 0. The molecule has 8 heteroatoms. The fraction of sp³-hybridized carbons (Fsp3) is 0.545. The van der Waals surface area contributed by atoms with E-state index in [2.05, 4.69) is 35.1 Å². The second-order valence-corrected chi connectivity index (χ2v) is 14.0. The van der Waals surface area contributed by atoms with Gasteiger partial charge < -0.3 is 24.5 Å². The number of piperidine rings is 1. The second-order valence-electron chi connectivity index (χ2n) is 14.0. The van der Waals surface area contributed by atoms with Crippen LogP contribution in [0.2, 0.25) is 0 Å². The molecule has 4 aromatic rings. The molecule has 0 spiro atoms. The number of aromatic nitrogens is 4. The number of hydrogen-bond donors (Lipinski definition) is 1. The van der Waals surface area contributed by atoms with E-state index in [1.165, 1.54) is 25.7 Å². The molecular weight excluding hydrogens is 512 g/mol. The maximum Gasteiger partial charge on any atom is 0.254 e. The third-order valence-electron chi connectivity index (χ3n) is 10.3. The minimum atomic E-state index is 0.0386. The molecule has 1 saturated heterocycles. The number of methoxy groups -OCH3 is 1. The number of imidazole rings is 1. The highest BCUT2D eigenvalue weighted by Crippen LogP contribution is 2.47. The monoisotopic (exact) mass is 552 g/mol. The van der Waals surface area contributed by atoms with E-state index in [9.17, 15) is 4.79 Å². The van der Waals surface area contributed by atoms with Gasteiger partial charge in [0, 0.05) is 48.9 Å². The second kappa shape index (κ2) is 9.05. The predicted octanol–water partition coefficient (Wildman–Crippen LogP) is 5.47. The van der Waals surface area contributed by atoms with Crippen molar-refractivity contribution in [1.29, 1.82) is 0 Å². The van der Waals surface area contributed by atoms with Gasteiger partial charge in [-0.3, -0.25) is 4.79 Å². The van der Waals surface area contributed by atoms with Gasteiger partial charge in [-0.15, -0.1) is 0 Å². The number of nitrogens with zero attached hydrogens (tertiary/aromatic N) is 5. The lowest BCUT2D eigenvalue weighted by Crippen LogP contribution is -2.41.